The Morgan fingerprint density at radius 2 is 2.16 bits per heavy atom. The second kappa shape index (κ2) is 6.92. The fourth-order valence-electron chi connectivity index (χ4n) is 1.45. The third-order valence-corrected chi connectivity index (χ3v) is 5.70. The second-order valence-electron chi connectivity index (χ2n) is 3.63. The molecule has 0 bridgehead atoms. The van der Waals surface area contributed by atoms with Gasteiger partial charge in [0, 0.05) is 10.5 Å². The summed E-state index contributed by atoms with van der Waals surface area (Å²) in [5, 5.41) is 0. The lowest BCUT2D eigenvalue weighted by Gasteiger charge is -2.03. The molecule has 2 rings (SSSR count). The van der Waals surface area contributed by atoms with Gasteiger partial charge in [0.2, 0.25) is 0 Å². The minimum Gasteiger partial charge on any atom is -0.497 e. The highest BCUT2D eigenvalue weighted by Crippen LogP contribution is 2.33. The lowest BCUT2D eigenvalue weighted by Crippen LogP contribution is -2.01. The van der Waals surface area contributed by atoms with Crippen LogP contribution < -0.4 is 4.74 Å². The largest absolute Gasteiger partial charge is 0.497 e. The van der Waals surface area contributed by atoms with Gasteiger partial charge in [0.25, 0.3) is 0 Å². The van der Waals surface area contributed by atoms with Gasteiger partial charge in [-0.15, -0.1) is 23.1 Å². The molecule has 1 heterocycles. The van der Waals surface area contributed by atoms with Crippen molar-refractivity contribution in [2.75, 3.05) is 12.9 Å². The van der Waals surface area contributed by atoms with Gasteiger partial charge in [0.05, 0.1) is 20.4 Å². The average Bonchev–Trinajstić information content (AvgIpc) is 2.75. The molecule has 19 heavy (non-hydrogen) atoms. The predicted octanol–water partition coefficient (Wildman–Crippen LogP) is 5.26. The van der Waals surface area contributed by atoms with Gasteiger partial charge in [-0.05, 0) is 56.1 Å². The summed E-state index contributed by atoms with van der Waals surface area (Å²) in [6.07, 6.45) is 0. The van der Waals surface area contributed by atoms with Crippen molar-refractivity contribution < 1.29 is 9.53 Å². The fourth-order valence-corrected chi connectivity index (χ4v) is 5.13. The number of ether oxygens (including phenoxy) is 1. The molecule has 0 spiro atoms. The maximum absolute atomic E-state index is 12.1. The molecule has 0 amide bonds. The molecule has 100 valence electrons. The molecule has 2 nitrogen and oxygen atoms in total. The zero-order chi connectivity index (χ0) is 13.8. The summed E-state index contributed by atoms with van der Waals surface area (Å²) in [6, 6.07) is 9.56. The van der Waals surface area contributed by atoms with Gasteiger partial charge < -0.3 is 4.74 Å². The fraction of sp³-hybridized carbons (Fsp3) is 0.154. The molecule has 0 atom stereocenters. The lowest BCUT2D eigenvalue weighted by atomic mass is 10.2. The Kier molecular flexibility index (Phi) is 5.50. The Balaban J connectivity index is 2.02. The van der Waals surface area contributed by atoms with Crippen molar-refractivity contribution in [3.63, 3.8) is 0 Å². The first kappa shape index (κ1) is 15.1. The minimum absolute atomic E-state index is 0.113. The van der Waals surface area contributed by atoms with Crippen LogP contribution in [0.2, 0.25) is 0 Å². The van der Waals surface area contributed by atoms with Crippen LogP contribution in [0.15, 0.2) is 42.8 Å². The molecule has 0 saturated carbocycles. The molecule has 0 radical (unpaired) electrons. The lowest BCUT2D eigenvalue weighted by molar-refractivity contribution is 0.102. The highest BCUT2D eigenvalue weighted by molar-refractivity contribution is 9.12. The van der Waals surface area contributed by atoms with E-state index in [4.69, 9.17) is 4.74 Å². The standard InChI is InChI=1S/C13H10Br2O2S2/c1-17-8-3-2-4-9(5-8)18-7-11(16)10-6-12(14)19-13(10)15/h2-6H,7H2,1H3. The van der Waals surface area contributed by atoms with Crippen LogP contribution in [-0.2, 0) is 0 Å². The van der Waals surface area contributed by atoms with E-state index in [0.29, 0.717) is 5.75 Å². The van der Waals surface area contributed by atoms with Crippen molar-refractivity contribution in [3.8, 4) is 5.75 Å². The Morgan fingerprint density at radius 1 is 1.37 bits per heavy atom. The Hall–Kier alpha value is -0.300. The number of carbonyl (C=O) groups is 1. The van der Waals surface area contributed by atoms with Gasteiger partial charge in [-0.3, -0.25) is 4.79 Å². The number of thioether (sulfide) groups is 1. The number of rotatable bonds is 5. The maximum Gasteiger partial charge on any atom is 0.175 e. The summed E-state index contributed by atoms with van der Waals surface area (Å²) in [6.45, 7) is 0. The van der Waals surface area contributed by atoms with E-state index < -0.39 is 0 Å². The number of carbonyl (C=O) groups excluding carboxylic acids is 1. The first-order valence-corrected chi connectivity index (χ1v) is 8.74. The number of ketones is 1. The highest BCUT2D eigenvalue weighted by atomic mass is 79.9. The molecular formula is C13H10Br2O2S2. The van der Waals surface area contributed by atoms with Crippen molar-refractivity contribution in [2.45, 2.75) is 4.90 Å². The number of hydrogen-bond donors (Lipinski definition) is 0. The Bertz CT molecular complexity index is 596. The normalized spacial score (nSPS) is 10.5. The van der Waals surface area contributed by atoms with Gasteiger partial charge in [-0.1, -0.05) is 6.07 Å². The van der Waals surface area contributed by atoms with E-state index in [9.17, 15) is 4.79 Å². The molecule has 0 saturated heterocycles. The quantitative estimate of drug-likeness (QED) is 0.486. The molecule has 1 aromatic heterocycles. The second-order valence-corrected chi connectivity index (χ2v) is 8.43. The predicted molar refractivity (Wildman–Crippen MR) is 87.8 cm³/mol. The van der Waals surface area contributed by atoms with E-state index in [1.54, 1.807) is 7.11 Å². The van der Waals surface area contributed by atoms with Crippen LogP contribution >= 0.6 is 55.0 Å². The summed E-state index contributed by atoms with van der Waals surface area (Å²) < 4.78 is 6.98. The first-order chi connectivity index (χ1) is 9.10. The summed E-state index contributed by atoms with van der Waals surface area (Å²) >= 11 is 9.80. The summed E-state index contributed by atoms with van der Waals surface area (Å²) in [7, 11) is 1.63. The Morgan fingerprint density at radius 3 is 2.79 bits per heavy atom. The van der Waals surface area contributed by atoms with E-state index in [1.807, 2.05) is 30.3 Å². The van der Waals surface area contributed by atoms with Crippen LogP contribution in [0.25, 0.3) is 0 Å². The number of benzene rings is 1. The average molecular weight is 422 g/mol. The van der Waals surface area contributed by atoms with Crippen molar-refractivity contribution in [1.82, 2.24) is 0 Å². The molecule has 1 aromatic carbocycles. The summed E-state index contributed by atoms with van der Waals surface area (Å²) in [4.78, 5) is 13.1. The number of thiophene rings is 1. The van der Waals surface area contributed by atoms with E-state index in [2.05, 4.69) is 31.9 Å². The SMILES string of the molecule is COc1cccc(SCC(=O)c2cc(Br)sc2Br)c1. The van der Waals surface area contributed by atoms with Crippen LogP contribution in [0.5, 0.6) is 5.75 Å². The third kappa shape index (κ3) is 4.08. The van der Waals surface area contributed by atoms with E-state index >= 15 is 0 Å². The monoisotopic (exact) mass is 420 g/mol. The van der Waals surface area contributed by atoms with Gasteiger partial charge in [-0.25, -0.2) is 0 Å². The molecule has 6 heteroatoms. The Labute approximate surface area is 136 Å². The van der Waals surface area contributed by atoms with Crippen LogP contribution in [0.4, 0.5) is 0 Å². The molecule has 0 aliphatic heterocycles. The molecule has 0 aliphatic carbocycles. The zero-order valence-electron chi connectivity index (χ0n) is 9.98. The molecule has 0 fully saturated rings. The molecular weight excluding hydrogens is 412 g/mol. The molecule has 0 N–H and O–H groups in total. The number of Topliss-reactive ketones (excluding diaryl/α,β-unsaturated/α-hetero) is 1. The van der Waals surface area contributed by atoms with Gasteiger partial charge in [-0.2, -0.15) is 0 Å². The van der Waals surface area contributed by atoms with Crippen LogP contribution in [-0.4, -0.2) is 18.6 Å². The third-order valence-electron chi connectivity index (χ3n) is 2.37. The minimum atomic E-state index is 0.113. The van der Waals surface area contributed by atoms with E-state index in [0.717, 1.165) is 23.8 Å². The summed E-state index contributed by atoms with van der Waals surface area (Å²) in [5.74, 6) is 1.33. The number of hydrogen-bond acceptors (Lipinski definition) is 4. The first-order valence-electron chi connectivity index (χ1n) is 5.35. The van der Waals surface area contributed by atoms with Crippen LogP contribution in [0.3, 0.4) is 0 Å². The van der Waals surface area contributed by atoms with Crippen molar-refractivity contribution in [1.29, 1.82) is 0 Å². The number of halogens is 2. The highest BCUT2D eigenvalue weighted by Gasteiger charge is 2.14. The topological polar surface area (TPSA) is 26.3 Å². The summed E-state index contributed by atoms with van der Waals surface area (Å²) in [5.41, 5.74) is 0.729. The molecule has 0 aliphatic rings. The van der Waals surface area contributed by atoms with Crippen molar-refractivity contribution >= 4 is 60.7 Å². The van der Waals surface area contributed by atoms with Crippen LogP contribution in [0.1, 0.15) is 10.4 Å². The van der Waals surface area contributed by atoms with Crippen LogP contribution in [0, 0.1) is 0 Å². The van der Waals surface area contributed by atoms with Crippen molar-refractivity contribution in [2.24, 2.45) is 0 Å². The molecule has 2 aromatic rings. The van der Waals surface area contributed by atoms with Gasteiger partial charge >= 0.3 is 0 Å². The smallest absolute Gasteiger partial charge is 0.175 e. The van der Waals surface area contributed by atoms with E-state index in [-0.39, 0.29) is 5.78 Å². The zero-order valence-corrected chi connectivity index (χ0v) is 14.8. The van der Waals surface area contributed by atoms with E-state index in [1.165, 1.54) is 23.1 Å². The maximum atomic E-state index is 12.1. The number of methoxy groups -OCH3 is 1. The van der Waals surface area contributed by atoms with Gasteiger partial charge in [0.1, 0.15) is 5.75 Å². The van der Waals surface area contributed by atoms with Gasteiger partial charge in [0.15, 0.2) is 5.78 Å². The molecule has 0 unspecified atom stereocenters. The van der Waals surface area contributed by atoms with Crippen molar-refractivity contribution in [3.05, 3.63) is 43.5 Å².